The Morgan fingerprint density at radius 2 is 1.86 bits per heavy atom. The summed E-state index contributed by atoms with van der Waals surface area (Å²) < 4.78 is 0.850. The fraction of sp³-hybridized carbons (Fsp3) is 0.625. The molecule has 2 N–H and O–H groups in total. The molecule has 2 rings (SSSR count). The van der Waals surface area contributed by atoms with E-state index in [1.807, 2.05) is 6.92 Å². The van der Waals surface area contributed by atoms with Crippen LogP contribution in [0.2, 0.25) is 0 Å². The molecule has 0 aliphatic rings. The van der Waals surface area contributed by atoms with E-state index in [0.717, 1.165) is 27.0 Å². The van der Waals surface area contributed by atoms with Crippen molar-refractivity contribution < 1.29 is 0 Å². The molecule has 0 aliphatic carbocycles. The maximum Gasteiger partial charge on any atom is 0.135 e. The molecule has 0 fully saturated rings. The first-order valence-electron chi connectivity index (χ1n) is 7.93. The van der Waals surface area contributed by atoms with Crippen molar-refractivity contribution in [1.82, 2.24) is 15.2 Å². The Kier molecular flexibility index (Phi) is 6.03. The lowest BCUT2D eigenvalue weighted by Gasteiger charge is -2.20. The minimum absolute atomic E-state index is 0.519. The highest BCUT2D eigenvalue weighted by molar-refractivity contribution is 9.10. The number of aromatic nitrogens is 3. The van der Waals surface area contributed by atoms with Crippen molar-refractivity contribution in [2.75, 3.05) is 5.32 Å². The van der Waals surface area contributed by atoms with Gasteiger partial charge in [0.25, 0.3) is 0 Å². The largest absolute Gasteiger partial charge is 0.380 e. The fourth-order valence-corrected chi connectivity index (χ4v) is 2.98. The van der Waals surface area contributed by atoms with Gasteiger partial charge in [-0.3, -0.25) is 5.10 Å². The van der Waals surface area contributed by atoms with Crippen LogP contribution in [0.15, 0.2) is 10.7 Å². The maximum absolute atomic E-state index is 4.55. The van der Waals surface area contributed by atoms with Gasteiger partial charge in [-0.15, -0.1) is 0 Å². The van der Waals surface area contributed by atoms with Crippen LogP contribution in [0, 0.1) is 6.92 Å². The molecule has 0 unspecified atom stereocenters. The number of rotatable bonds is 8. The van der Waals surface area contributed by atoms with Gasteiger partial charge in [0.2, 0.25) is 0 Å². The number of halogens is 1. The van der Waals surface area contributed by atoms with Gasteiger partial charge in [-0.25, -0.2) is 4.98 Å². The number of aromatic amines is 1. The Bertz CT molecular complexity index is 571. The third-order valence-electron chi connectivity index (χ3n) is 3.77. The summed E-state index contributed by atoms with van der Waals surface area (Å²) in [5.41, 5.74) is 3.93. The molecule has 2 heterocycles. The molecule has 0 spiro atoms. The molecule has 4 nitrogen and oxygen atoms in total. The number of hydrogen-bond acceptors (Lipinski definition) is 3. The molecule has 0 atom stereocenters. The quantitative estimate of drug-likeness (QED) is 0.687. The number of unbranched alkanes of at least 4 members (excludes halogenated alkanes) is 2. The van der Waals surface area contributed by atoms with Crippen molar-refractivity contribution in [1.29, 1.82) is 0 Å². The highest BCUT2D eigenvalue weighted by atomic mass is 79.9. The van der Waals surface area contributed by atoms with Gasteiger partial charge >= 0.3 is 0 Å². The monoisotopic (exact) mass is 352 g/mol. The highest BCUT2D eigenvalue weighted by Crippen LogP contribution is 2.27. The third-order valence-corrected chi connectivity index (χ3v) is 4.32. The zero-order valence-electron chi connectivity index (χ0n) is 13.2. The first kappa shape index (κ1) is 16.3. The number of aryl methyl sites for hydroxylation is 1. The van der Waals surface area contributed by atoms with Gasteiger partial charge in [0, 0.05) is 11.7 Å². The fourth-order valence-electron chi connectivity index (χ4n) is 2.61. The molecule has 0 bridgehead atoms. The van der Waals surface area contributed by atoms with Gasteiger partial charge < -0.3 is 5.32 Å². The SMILES string of the molecule is CCCCC(CCCC)Nc1cc(C)nc2c(Br)[nH]nc12. The van der Waals surface area contributed by atoms with Gasteiger partial charge in [0.1, 0.15) is 15.6 Å². The molecule has 0 radical (unpaired) electrons. The normalized spacial score (nSPS) is 11.5. The van der Waals surface area contributed by atoms with E-state index in [4.69, 9.17) is 0 Å². The summed E-state index contributed by atoms with van der Waals surface area (Å²) in [6, 6.07) is 2.62. The molecule has 2 aromatic heterocycles. The highest BCUT2D eigenvalue weighted by Gasteiger charge is 2.14. The molecule has 0 aliphatic heterocycles. The van der Waals surface area contributed by atoms with Crippen LogP contribution in [0.4, 0.5) is 5.69 Å². The Morgan fingerprint density at radius 1 is 1.19 bits per heavy atom. The van der Waals surface area contributed by atoms with E-state index in [9.17, 15) is 0 Å². The molecule has 116 valence electrons. The van der Waals surface area contributed by atoms with Gasteiger partial charge in [-0.05, 0) is 41.8 Å². The van der Waals surface area contributed by atoms with E-state index in [0.29, 0.717) is 6.04 Å². The maximum atomic E-state index is 4.55. The van der Waals surface area contributed by atoms with Gasteiger partial charge in [0.15, 0.2) is 0 Å². The molecule has 0 amide bonds. The predicted octanol–water partition coefficient (Wildman–Crippen LogP) is 5.19. The van der Waals surface area contributed by atoms with Crippen LogP contribution in [0.5, 0.6) is 0 Å². The van der Waals surface area contributed by atoms with Crippen molar-refractivity contribution in [3.63, 3.8) is 0 Å². The van der Waals surface area contributed by atoms with E-state index in [1.54, 1.807) is 0 Å². The lowest BCUT2D eigenvalue weighted by Crippen LogP contribution is -2.19. The van der Waals surface area contributed by atoms with Crippen molar-refractivity contribution >= 4 is 32.7 Å². The second-order valence-corrected chi connectivity index (χ2v) is 6.46. The average Bonchev–Trinajstić information content (AvgIpc) is 2.83. The van der Waals surface area contributed by atoms with E-state index in [1.165, 1.54) is 38.5 Å². The number of nitrogens with zero attached hydrogens (tertiary/aromatic N) is 2. The van der Waals surface area contributed by atoms with Crippen LogP contribution in [0.1, 0.15) is 58.1 Å². The molecular weight excluding hydrogens is 328 g/mol. The van der Waals surface area contributed by atoms with E-state index in [2.05, 4.69) is 56.3 Å². The van der Waals surface area contributed by atoms with Crippen LogP contribution in [0.25, 0.3) is 11.0 Å². The molecule has 5 heteroatoms. The molecule has 21 heavy (non-hydrogen) atoms. The number of anilines is 1. The van der Waals surface area contributed by atoms with Gasteiger partial charge in [-0.2, -0.15) is 5.10 Å². The summed E-state index contributed by atoms with van der Waals surface area (Å²) in [4.78, 5) is 4.55. The topological polar surface area (TPSA) is 53.6 Å². The standard InChI is InChI=1S/C16H25BrN4/c1-4-6-8-12(9-7-5-2)19-13-10-11(3)18-15-14(13)20-21-16(15)17/h10,12H,4-9H2,1-3H3,(H,18,19)(H,20,21). The number of fused-ring (bicyclic) bond motifs is 1. The van der Waals surface area contributed by atoms with Gasteiger partial charge in [-0.1, -0.05) is 39.5 Å². The Hall–Kier alpha value is -1.10. The van der Waals surface area contributed by atoms with E-state index < -0.39 is 0 Å². The minimum Gasteiger partial charge on any atom is -0.380 e. The van der Waals surface area contributed by atoms with Crippen LogP contribution in [-0.4, -0.2) is 21.2 Å². The molecular formula is C16H25BrN4. The lowest BCUT2D eigenvalue weighted by atomic mass is 10.0. The zero-order chi connectivity index (χ0) is 15.2. The molecule has 0 saturated heterocycles. The van der Waals surface area contributed by atoms with Crippen LogP contribution < -0.4 is 5.32 Å². The second kappa shape index (κ2) is 7.78. The third kappa shape index (κ3) is 4.19. The Balaban J connectivity index is 2.22. The number of nitrogens with one attached hydrogen (secondary N) is 2. The van der Waals surface area contributed by atoms with Crippen LogP contribution in [-0.2, 0) is 0 Å². The van der Waals surface area contributed by atoms with Crippen molar-refractivity contribution in [2.24, 2.45) is 0 Å². The predicted molar refractivity (Wildman–Crippen MR) is 92.8 cm³/mol. The number of H-pyrrole nitrogens is 1. The van der Waals surface area contributed by atoms with Gasteiger partial charge in [0.05, 0.1) is 5.69 Å². The zero-order valence-corrected chi connectivity index (χ0v) is 14.8. The molecule has 0 saturated carbocycles. The van der Waals surface area contributed by atoms with Crippen molar-refractivity contribution in [2.45, 2.75) is 65.3 Å². The smallest absolute Gasteiger partial charge is 0.135 e. The molecule has 0 aromatic carbocycles. The summed E-state index contributed by atoms with van der Waals surface area (Å²) in [5.74, 6) is 0. The Labute approximate surface area is 135 Å². The minimum atomic E-state index is 0.519. The van der Waals surface area contributed by atoms with Crippen LogP contribution in [0.3, 0.4) is 0 Å². The van der Waals surface area contributed by atoms with Crippen LogP contribution >= 0.6 is 15.9 Å². The van der Waals surface area contributed by atoms with E-state index >= 15 is 0 Å². The van der Waals surface area contributed by atoms with Crippen molar-refractivity contribution in [3.8, 4) is 0 Å². The summed E-state index contributed by atoms with van der Waals surface area (Å²) in [5, 5.41) is 11.0. The lowest BCUT2D eigenvalue weighted by molar-refractivity contribution is 0.547. The summed E-state index contributed by atoms with van der Waals surface area (Å²) in [7, 11) is 0. The molecule has 2 aromatic rings. The summed E-state index contributed by atoms with van der Waals surface area (Å²) in [6.45, 7) is 6.52. The summed E-state index contributed by atoms with van der Waals surface area (Å²) >= 11 is 3.48. The first-order valence-corrected chi connectivity index (χ1v) is 8.72. The van der Waals surface area contributed by atoms with Crippen molar-refractivity contribution in [3.05, 3.63) is 16.4 Å². The number of hydrogen-bond donors (Lipinski definition) is 2. The Morgan fingerprint density at radius 3 is 2.48 bits per heavy atom. The summed E-state index contributed by atoms with van der Waals surface area (Å²) in [6.07, 6.45) is 7.43. The second-order valence-electron chi connectivity index (χ2n) is 5.67. The first-order chi connectivity index (χ1) is 10.2. The van der Waals surface area contributed by atoms with E-state index in [-0.39, 0.29) is 0 Å². The average molecular weight is 353 g/mol. The number of pyridine rings is 1.